The molecule has 20 heavy (non-hydrogen) atoms. The lowest BCUT2D eigenvalue weighted by Gasteiger charge is -2.10. The quantitative estimate of drug-likeness (QED) is 0.905. The van der Waals surface area contributed by atoms with E-state index in [4.69, 9.17) is 5.11 Å². The summed E-state index contributed by atoms with van der Waals surface area (Å²) >= 11 is 0. The lowest BCUT2D eigenvalue weighted by molar-refractivity contribution is -0.136. The van der Waals surface area contributed by atoms with Crippen molar-refractivity contribution < 1.29 is 9.90 Å². The van der Waals surface area contributed by atoms with Crippen LogP contribution in [0.25, 0.3) is 11.3 Å². The molecule has 0 amide bonds. The lowest BCUT2D eigenvalue weighted by atomic mass is 9.96. The SMILES string of the molecule is CCC(C)c1ccc(-c2nccnc2CC(=O)O)cc1. The number of hydrogen-bond donors (Lipinski definition) is 1. The number of carbonyl (C=O) groups is 1. The molecule has 4 heteroatoms. The maximum Gasteiger partial charge on any atom is 0.309 e. The summed E-state index contributed by atoms with van der Waals surface area (Å²) in [5.41, 5.74) is 3.32. The summed E-state index contributed by atoms with van der Waals surface area (Å²) in [6.45, 7) is 4.35. The van der Waals surface area contributed by atoms with Gasteiger partial charge in [-0.2, -0.15) is 0 Å². The monoisotopic (exact) mass is 270 g/mol. The molecule has 1 heterocycles. The largest absolute Gasteiger partial charge is 0.481 e. The van der Waals surface area contributed by atoms with E-state index >= 15 is 0 Å². The van der Waals surface area contributed by atoms with Gasteiger partial charge in [0.05, 0.1) is 17.8 Å². The third-order valence-corrected chi connectivity index (χ3v) is 3.46. The summed E-state index contributed by atoms with van der Waals surface area (Å²) in [5, 5.41) is 8.92. The smallest absolute Gasteiger partial charge is 0.309 e. The molecule has 1 aromatic carbocycles. The van der Waals surface area contributed by atoms with Crippen LogP contribution >= 0.6 is 0 Å². The Morgan fingerprint density at radius 1 is 1.20 bits per heavy atom. The summed E-state index contributed by atoms with van der Waals surface area (Å²) in [4.78, 5) is 19.3. The molecule has 2 aromatic rings. The van der Waals surface area contributed by atoms with Gasteiger partial charge in [0.25, 0.3) is 0 Å². The number of hydrogen-bond acceptors (Lipinski definition) is 3. The average Bonchev–Trinajstić information content (AvgIpc) is 2.46. The van der Waals surface area contributed by atoms with Crippen molar-refractivity contribution >= 4 is 5.97 Å². The highest BCUT2D eigenvalue weighted by Gasteiger charge is 2.11. The van der Waals surface area contributed by atoms with Crippen LogP contribution in [0.15, 0.2) is 36.7 Å². The standard InChI is InChI=1S/C16H18N2O2/c1-3-11(2)12-4-6-13(7-5-12)16-14(10-15(19)20)17-8-9-18-16/h4-9,11H,3,10H2,1-2H3,(H,19,20). The van der Waals surface area contributed by atoms with Crippen molar-refractivity contribution in [3.63, 3.8) is 0 Å². The Hall–Kier alpha value is -2.23. The lowest BCUT2D eigenvalue weighted by Crippen LogP contribution is -2.05. The molecule has 0 aliphatic carbocycles. The second-order valence-electron chi connectivity index (χ2n) is 4.85. The minimum Gasteiger partial charge on any atom is -0.481 e. The van der Waals surface area contributed by atoms with Crippen molar-refractivity contribution in [1.29, 1.82) is 0 Å². The van der Waals surface area contributed by atoms with E-state index in [1.165, 1.54) is 11.8 Å². The highest BCUT2D eigenvalue weighted by Crippen LogP contribution is 2.24. The van der Waals surface area contributed by atoms with E-state index in [1.54, 1.807) is 6.20 Å². The maximum atomic E-state index is 10.9. The van der Waals surface area contributed by atoms with Crippen LogP contribution in [0.1, 0.15) is 37.4 Å². The van der Waals surface area contributed by atoms with E-state index in [0.717, 1.165) is 12.0 Å². The summed E-state index contributed by atoms with van der Waals surface area (Å²) in [5.74, 6) is -0.382. The molecule has 2 rings (SSSR count). The van der Waals surface area contributed by atoms with E-state index in [1.807, 2.05) is 12.1 Å². The molecule has 1 N–H and O–H groups in total. The number of carboxylic acids is 1. The molecular formula is C16H18N2O2. The van der Waals surface area contributed by atoms with Crippen LogP contribution in [0.2, 0.25) is 0 Å². The summed E-state index contributed by atoms with van der Waals surface area (Å²) in [6, 6.07) is 8.11. The minimum absolute atomic E-state index is 0.115. The first kappa shape index (κ1) is 14.2. The molecule has 0 aliphatic heterocycles. The number of carboxylic acid groups (broad SMARTS) is 1. The van der Waals surface area contributed by atoms with Crippen LogP contribution < -0.4 is 0 Å². The Morgan fingerprint density at radius 3 is 2.45 bits per heavy atom. The van der Waals surface area contributed by atoms with E-state index in [9.17, 15) is 4.79 Å². The highest BCUT2D eigenvalue weighted by molar-refractivity contribution is 5.73. The maximum absolute atomic E-state index is 10.9. The number of aliphatic carboxylic acids is 1. The molecule has 0 aliphatic rings. The zero-order chi connectivity index (χ0) is 14.5. The van der Waals surface area contributed by atoms with Crippen LogP contribution in [0.5, 0.6) is 0 Å². The molecule has 1 unspecified atom stereocenters. The van der Waals surface area contributed by atoms with Crippen LogP contribution in [-0.4, -0.2) is 21.0 Å². The number of rotatable bonds is 5. The fraction of sp³-hybridized carbons (Fsp3) is 0.312. The van der Waals surface area contributed by atoms with E-state index in [-0.39, 0.29) is 6.42 Å². The van der Waals surface area contributed by atoms with Crippen molar-refractivity contribution in [3.8, 4) is 11.3 Å². The van der Waals surface area contributed by atoms with Crippen molar-refractivity contribution in [2.75, 3.05) is 0 Å². The predicted octanol–water partition coefficient (Wildman–Crippen LogP) is 3.28. The highest BCUT2D eigenvalue weighted by atomic mass is 16.4. The first-order valence-corrected chi connectivity index (χ1v) is 6.73. The van der Waals surface area contributed by atoms with Crippen LogP contribution in [0.4, 0.5) is 0 Å². The van der Waals surface area contributed by atoms with Gasteiger partial charge in [0.2, 0.25) is 0 Å². The third-order valence-electron chi connectivity index (χ3n) is 3.46. The summed E-state index contributed by atoms with van der Waals surface area (Å²) in [6.07, 6.45) is 4.09. The first-order chi connectivity index (χ1) is 9.61. The van der Waals surface area contributed by atoms with Crippen molar-refractivity contribution in [3.05, 3.63) is 47.9 Å². The molecule has 0 spiro atoms. The Kier molecular flexibility index (Phi) is 4.45. The van der Waals surface area contributed by atoms with E-state index in [0.29, 0.717) is 17.3 Å². The van der Waals surface area contributed by atoms with Crippen molar-refractivity contribution in [1.82, 2.24) is 9.97 Å². The molecule has 4 nitrogen and oxygen atoms in total. The third kappa shape index (κ3) is 3.20. The molecule has 1 atom stereocenters. The normalized spacial score (nSPS) is 12.1. The second-order valence-corrected chi connectivity index (χ2v) is 4.85. The summed E-state index contributed by atoms with van der Waals surface area (Å²) in [7, 11) is 0. The molecule has 104 valence electrons. The Balaban J connectivity index is 2.34. The fourth-order valence-electron chi connectivity index (χ4n) is 2.09. The summed E-state index contributed by atoms with van der Waals surface area (Å²) < 4.78 is 0. The molecule has 0 saturated carbocycles. The molecule has 0 saturated heterocycles. The van der Waals surface area contributed by atoms with Crippen molar-refractivity contribution in [2.45, 2.75) is 32.6 Å². The molecular weight excluding hydrogens is 252 g/mol. The first-order valence-electron chi connectivity index (χ1n) is 6.73. The Morgan fingerprint density at radius 2 is 1.85 bits per heavy atom. The predicted molar refractivity (Wildman–Crippen MR) is 77.5 cm³/mol. The Bertz CT molecular complexity index is 594. The van der Waals surface area contributed by atoms with Crippen LogP contribution in [-0.2, 0) is 11.2 Å². The molecule has 0 bridgehead atoms. The van der Waals surface area contributed by atoms with Gasteiger partial charge in [-0.05, 0) is 17.9 Å². The van der Waals surface area contributed by atoms with Gasteiger partial charge in [0.1, 0.15) is 0 Å². The zero-order valence-corrected chi connectivity index (χ0v) is 11.7. The van der Waals surface area contributed by atoms with Gasteiger partial charge in [0, 0.05) is 18.0 Å². The second kappa shape index (κ2) is 6.28. The van der Waals surface area contributed by atoms with Crippen LogP contribution in [0, 0.1) is 0 Å². The molecule has 1 aromatic heterocycles. The van der Waals surface area contributed by atoms with Gasteiger partial charge in [-0.1, -0.05) is 38.1 Å². The van der Waals surface area contributed by atoms with Gasteiger partial charge in [-0.15, -0.1) is 0 Å². The molecule has 0 fully saturated rings. The number of nitrogens with zero attached hydrogens (tertiary/aromatic N) is 2. The fourth-order valence-corrected chi connectivity index (χ4v) is 2.09. The number of aromatic nitrogens is 2. The average molecular weight is 270 g/mol. The minimum atomic E-state index is -0.900. The van der Waals surface area contributed by atoms with Gasteiger partial charge in [-0.25, -0.2) is 0 Å². The van der Waals surface area contributed by atoms with Crippen molar-refractivity contribution in [2.24, 2.45) is 0 Å². The molecule has 0 radical (unpaired) electrons. The van der Waals surface area contributed by atoms with Gasteiger partial charge < -0.3 is 5.11 Å². The van der Waals surface area contributed by atoms with Gasteiger partial charge in [0.15, 0.2) is 0 Å². The van der Waals surface area contributed by atoms with Gasteiger partial charge >= 0.3 is 5.97 Å². The van der Waals surface area contributed by atoms with E-state index < -0.39 is 5.97 Å². The number of benzene rings is 1. The zero-order valence-electron chi connectivity index (χ0n) is 11.7. The van der Waals surface area contributed by atoms with E-state index in [2.05, 4.69) is 35.9 Å². The topological polar surface area (TPSA) is 63.1 Å². The van der Waals surface area contributed by atoms with Crippen LogP contribution in [0.3, 0.4) is 0 Å². The van der Waals surface area contributed by atoms with Gasteiger partial charge in [-0.3, -0.25) is 14.8 Å². The Labute approximate surface area is 118 Å².